The van der Waals surface area contributed by atoms with Crippen molar-refractivity contribution in [2.75, 3.05) is 26.4 Å². The number of hydrogen-bond donors (Lipinski definition) is 0. The van der Waals surface area contributed by atoms with Gasteiger partial charge in [0.25, 0.3) is 0 Å². The van der Waals surface area contributed by atoms with Gasteiger partial charge in [-0.15, -0.1) is 0 Å². The number of fused-ring (bicyclic) bond motifs is 1. The molecule has 1 aliphatic carbocycles. The average molecular weight is 573 g/mol. The predicted molar refractivity (Wildman–Crippen MR) is 148 cm³/mol. The highest BCUT2D eigenvalue weighted by atomic mass is 19.4. The highest BCUT2D eigenvalue weighted by molar-refractivity contribution is 5.89. The second-order valence-electron chi connectivity index (χ2n) is 12.0. The predicted octanol–water partition coefficient (Wildman–Crippen LogP) is 6.64. The van der Waals surface area contributed by atoms with E-state index in [2.05, 4.69) is 24.8 Å². The molecule has 6 nitrogen and oxygen atoms in total. The van der Waals surface area contributed by atoms with Gasteiger partial charge in [0.1, 0.15) is 5.75 Å². The molecular formula is C32H39F3N2O4. The molecule has 2 aliphatic heterocycles. The number of likely N-dealkylation sites (tertiary alicyclic amines) is 1. The summed E-state index contributed by atoms with van der Waals surface area (Å²) in [5.74, 6) is 0.539. The Bertz CT molecular complexity index is 1270. The van der Waals surface area contributed by atoms with Gasteiger partial charge < -0.3 is 19.3 Å². The minimum Gasteiger partial charge on any atom is -0.473 e. The van der Waals surface area contributed by atoms with Crippen LogP contribution in [0.1, 0.15) is 85.8 Å². The van der Waals surface area contributed by atoms with Gasteiger partial charge in [0.15, 0.2) is 6.73 Å². The van der Waals surface area contributed by atoms with Crippen LogP contribution < -0.4 is 4.74 Å². The lowest BCUT2D eigenvalue weighted by Crippen LogP contribution is -2.49. The van der Waals surface area contributed by atoms with Crippen molar-refractivity contribution in [1.82, 2.24) is 9.80 Å². The molecule has 2 atom stereocenters. The molecule has 0 unspecified atom stereocenters. The van der Waals surface area contributed by atoms with Gasteiger partial charge in [0, 0.05) is 11.6 Å². The monoisotopic (exact) mass is 572 g/mol. The fourth-order valence-corrected chi connectivity index (χ4v) is 6.92. The van der Waals surface area contributed by atoms with Crippen molar-refractivity contribution in [3.05, 3.63) is 64.7 Å². The van der Waals surface area contributed by atoms with Crippen molar-refractivity contribution in [3.8, 4) is 5.75 Å². The summed E-state index contributed by atoms with van der Waals surface area (Å²) < 4.78 is 50.8. The van der Waals surface area contributed by atoms with Gasteiger partial charge in [0.05, 0.1) is 29.7 Å². The number of halogens is 3. The molecule has 2 aromatic rings. The zero-order valence-corrected chi connectivity index (χ0v) is 24.0. The third-order valence-electron chi connectivity index (χ3n) is 9.38. The lowest BCUT2D eigenvalue weighted by molar-refractivity contribution is -0.150. The highest BCUT2D eigenvalue weighted by Gasteiger charge is 2.51. The van der Waals surface area contributed by atoms with Crippen LogP contribution in [0.25, 0.3) is 0 Å². The van der Waals surface area contributed by atoms with Crippen LogP contribution in [-0.4, -0.2) is 54.1 Å². The smallest absolute Gasteiger partial charge is 0.416 e. The molecule has 3 aliphatic rings. The van der Waals surface area contributed by atoms with Crippen molar-refractivity contribution >= 4 is 11.9 Å². The number of amides is 1. The fraction of sp³-hybridized carbons (Fsp3) is 0.562. The highest BCUT2D eigenvalue weighted by Crippen LogP contribution is 2.49. The van der Waals surface area contributed by atoms with E-state index in [9.17, 15) is 22.8 Å². The Balaban J connectivity index is 1.23. The summed E-state index contributed by atoms with van der Waals surface area (Å²) in [5, 5.41) is 0. The van der Waals surface area contributed by atoms with Crippen LogP contribution >= 0.6 is 0 Å². The van der Waals surface area contributed by atoms with E-state index in [1.807, 2.05) is 12.1 Å². The SMILES string of the molecule is CCOC(=O)c1cccc(C2CCN([C@H]3CC[C@](C(=O)N4COc5ccc(C(F)(F)F)cc5C4)(C(C)C)C3)CC2)c1. The zero-order valence-electron chi connectivity index (χ0n) is 24.0. The molecule has 1 saturated heterocycles. The molecule has 1 saturated carbocycles. The molecule has 0 bridgehead atoms. The molecule has 0 N–H and O–H groups in total. The van der Waals surface area contributed by atoms with Crippen LogP contribution in [0, 0.1) is 11.3 Å². The Labute approximate surface area is 239 Å². The molecule has 2 aromatic carbocycles. The summed E-state index contributed by atoms with van der Waals surface area (Å²) in [7, 11) is 0. The first-order valence-corrected chi connectivity index (χ1v) is 14.6. The van der Waals surface area contributed by atoms with Crippen LogP contribution in [0.3, 0.4) is 0 Å². The number of carbonyl (C=O) groups is 2. The number of alkyl halides is 3. The summed E-state index contributed by atoms with van der Waals surface area (Å²) >= 11 is 0. The normalized spacial score (nSPS) is 23.8. The minimum absolute atomic E-state index is 0.0243. The second-order valence-corrected chi connectivity index (χ2v) is 12.0. The Kier molecular flexibility index (Phi) is 8.37. The maximum atomic E-state index is 14.0. The number of rotatable bonds is 6. The van der Waals surface area contributed by atoms with Crippen LogP contribution in [0.15, 0.2) is 42.5 Å². The van der Waals surface area contributed by atoms with Gasteiger partial charge in [-0.3, -0.25) is 4.79 Å². The summed E-state index contributed by atoms with van der Waals surface area (Å²) in [6.07, 6.45) is -0.0970. The zero-order chi connectivity index (χ0) is 29.4. The number of carbonyl (C=O) groups excluding carboxylic acids is 2. The van der Waals surface area contributed by atoms with Crippen LogP contribution in [-0.2, 0) is 22.3 Å². The second kappa shape index (κ2) is 11.7. The van der Waals surface area contributed by atoms with Gasteiger partial charge in [0.2, 0.25) is 5.91 Å². The largest absolute Gasteiger partial charge is 0.473 e. The first kappa shape index (κ1) is 29.4. The first-order valence-electron chi connectivity index (χ1n) is 14.6. The molecule has 0 spiro atoms. The maximum absolute atomic E-state index is 14.0. The standard InChI is InChI=1S/C32H39F3N2O4/c1-4-40-29(38)24-7-5-6-23(16-24)22-11-14-36(15-12-22)27-10-13-31(18-27,21(2)3)30(39)37-19-25-17-26(32(33,34)35)8-9-28(25)41-20-37/h5-9,16-17,21-22,27H,4,10-15,18-20H2,1-3H3/t27-,31+/m0/s1. The summed E-state index contributed by atoms with van der Waals surface area (Å²) in [6.45, 7) is 8.30. The molecule has 0 aromatic heterocycles. The van der Waals surface area contributed by atoms with E-state index in [1.165, 1.54) is 6.07 Å². The number of nitrogens with zero attached hydrogens (tertiary/aromatic N) is 2. The van der Waals surface area contributed by atoms with E-state index in [1.54, 1.807) is 17.9 Å². The molecule has 5 rings (SSSR count). The molecule has 9 heteroatoms. The number of piperidine rings is 1. The third kappa shape index (κ3) is 5.96. The van der Waals surface area contributed by atoms with E-state index < -0.39 is 17.2 Å². The quantitative estimate of drug-likeness (QED) is 0.364. The molecule has 41 heavy (non-hydrogen) atoms. The van der Waals surface area contributed by atoms with Crippen molar-refractivity contribution in [2.45, 2.75) is 77.6 Å². The average Bonchev–Trinajstić information content (AvgIpc) is 3.43. The Hall–Kier alpha value is -3.07. The number of benzene rings is 2. The van der Waals surface area contributed by atoms with E-state index >= 15 is 0 Å². The van der Waals surface area contributed by atoms with E-state index in [0.717, 1.165) is 62.9 Å². The summed E-state index contributed by atoms with van der Waals surface area (Å²) in [5.41, 5.74) is 0.832. The van der Waals surface area contributed by atoms with Gasteiger partial charge in [-0.1, -0.05) is 26.0 Å². The van der Waals surface area contributed by atoms with Crippen molar-refractivity contribution in [3.63, 3.8) is 0 Å². The van der Waals surface area contributed by atoms with Crippen LogP contribution in [0.2, 0.25) is 0 Å². The maximum Gasteiger partial charge on any atom is 0.416 e. The van der Waals surface area contributed by atoms with Crippen molar-refractivity contribution < 1.29 is 32.2 Å². The lowest BCUT2D eigenvalue weighted by Gasteiger charge is -2.41. The molecule has 0 radical (unpaired) electrons. The van der Waals surface area contributed by atoms with Crippen molar-refractivity contribution in [2.24, 2.45) is 11.3 Å². The first-order chi connectivity index (χ1) is 19.5. The van der Waals surface area contributed by atoms with Gasteiger partial charge in [-0.05, 0) is 99.8 Å². The Morgan fingerprint density at radius 2 is 1.85 bits per heavy atom. The van der Waals surface area contributed by atoms with Gasteiger partial charge in [-0.2, -0.15) is 13.2 Å². The number of hydrogen-bond acceptors (Lipinski definition) is 5. The van der Waals surface area contributed by atoms with E-state index in [0.29, 0.717) is 29.4 Å². The minimum atomic E-state index is -4.45. The van der Waals surface area contributed by atoms with E-state index in [4.69, 9.17) is 9.47 Å². The number of esters is 1. The van der Waals surface area contributed by atoms with Crippen LogP contribution in [0.5, 0.6) is 5.75 Å². The summed E-state index contributed by atoms with van der Waals surface area (Å²) in [4.78, 5) is 30.3. The molecular weight excluding hydrogens is 533 g/mol. The fourth-order valence-electron chi connectivity index (χ4n) is 6.92. The van der Waals surface area contributed by atoms with Crippen LogP contribution in [0.4, 0.5) is 13.2 Å². The van der Waals surface area contributed by atoms with Gasteiger partial charge >= 0.3 is 12.1 Å². The van der Waals surface area contributed by atoms with Crippen molar-refractivity contribution in [1.29, 1.82) is 0 Å². The molecule has 222 valence electrons. The van der Waals surface area contributed by atoms with Gasteiger partial charge in [-0.25, -0.2) is 4.79 Å². The molecule has 2 heterocycles. The Morgan fingerprint density at radius 1 is 1.10 bits per heavy atom. The topological polar surface area (TPSA) is 59.1 Å². The molecule has 1 amide bonds. The number of ether oxygens (including phenoxy) is 2. The third-order valence-corrected chi connectivity index (χ3v) is 9.38. The lowest BCUT2D eigenvalue weighted by atomic mass is 9.74. The summed E-state index contributed by atoms with van der Waals surface area (Å²) in [6, 6.07) is 11.5. The molecule has 2 fully saturated rings. The van der Waals surface area contributed by atoms with E-state index in [-0.39, 0.29) is 37.1 Å². The Morgan fingerprint density at radius 3 is 2.54 bits per heavy atom.